The first-order chi connectivity index (χ1) is 14.5. The Balaban J connectivity index is 1.59. The molecule has 1 saturated heterocycles. The third-order valence-corrected chi connectivity index (χ3v) is 5.87. The van der Waals surface area contributed by atoms with Crippen LogP contribution in [0.15, 0.2) is 30.7 Å². The van der Waals surface area contributed by atoms with Crippen LogP contribution < -0.4 is 4.90 Å². The summed E-state index contributed by atoms with van der Waals surface area (Å²) in [4.78, 5) is 22.6. The summed E-state index contributed by atoms with van der Waals surface area (Å²) in [7, 11) is 0. The van der Waals surface area contributed by atoms with Crippen LogP contribution in [-0.4, -0.2) is 38.0 Å². The summed E-state index contributed by atoms with van der Waals surface area (Å²) in [5.74, 6) is 1.73. The molecule has 1 N–H and O–H groups in total. The van der Waals surface area contributed by atoms with Crippen LogP contribution >= 0.6 is 0 Å². The summed E-state index contributed by atoms with van der Waals surface area (Å²) in [6.45, 7) is 1.82. The molecule has 1 aliphatic carbocycles. The van der Waals surface area contributed by atoms with E-state index in [9.17, 15) is 13.2 Å². The lowest BCUT2D eigenvalue weighted by Crippen LogP contribution is -2.38. The maximum absolute atomic E-state index is 13.2. The van der Waals surface area contributed by atoms with Gasteiger partial charge in [-0.2, -0.15) is 13.2 Å². The second-order valence-corrected chi connectivity index (χ2v) is 7.91. The number of nitrogens with one attached hydrogen (secondary N) is 1. The molecule has 4 aromatic heterocycles. The van der Waals surface area contributed by atoms with Crippen molar-refractivity contribution in [1.82, 2.24) is 24.9 Å². The first-order valence-electron chi connectivity index (χ1n) is 9.95. The number of pyridine rings is 2. The van der Waals surface area contributed by atoms with Crippen molar-refractivity contribution in [3.05, 3.63) is 42.0 Å². The van der Waals surface area contributed by atoms with Crippen LogP contribution in [0.25, 0.3) is 33.3 Å². The van der Waals surface area contributed by atoms with Gasteiger partial charge in [-0.15, -0.1) is 0 Å². The summed E-state index contributed by atoms with van der Waals surface area (Å²) in [6.07, 6.45) is 3.98. The lowest BCUT2D eigenvalue weighted by molar-refractivity contribution is -0.140. The molecule has 0 atom stereocenters. The minimum absolute atomic E-state index is 0.166. The molecule has 0 amide bonds. The van der Waals surface area contributed by atoms with E-state index in [-0.39, 0.29) is 5.65 Å². The van der Waals surface area contributed by atoms with E-state index in [4.69, 9.17) is 9.97 Å². The molecule has 0 radical (unpaired) electrons. The second-order valence-electron chi connectivity index (χ2n) is 7.91. The maximum atomic E-state index is 13.2. The number of anilines is 1. The number of aromatic amines is 1. The normalized spacial score (nSPS) is 17.0. The Morgan fingerprint density at radius 3 is 2.63 bits per heavy atom. The average molecular weight is 410 g/mol. The molecule has 6 nitrogen and oxygen atoms in total. The van der Waals surface area contributed by atoms with Gasteiger partial charge in [-0.25, -0.2) is 15.0 Å². The maximum Gasteiger partial charge on any atom is 0.431 e. The van der Waals surface area contributed by atoms with Gasteiger partial charge in [0.1, 0.15) is 17.2 Å². The number of H-pyrrole nitrogens is 1. The Morgan fingerprint density at radius 1 is 1.10 bits per heavy atom. The van der Waals surface area contributed by atoms with Gasteiger partial charge < -0.3 is 9.88 Å². The fourth-order valence-corrected chi connectivity index (χ4v) is 4.04. The molecular weight excluding hydrogens is 393 g/mol. The van der Waals surface area contributed by atoms with Gasteiger partial charge >= 0.3 is 6.18 Å². The van der Waals surface area contributed by atoms with Crippen molar-refractivity contribution in [2.45, 2.75) is 31.4 Å². The molecule has 0 bridgehead atoms. The van der Waals surface area contributed by atoms with E-state index in [1.807, 2.05) is 6.20 Å². The molecule has 1 saturated carbocycles. The van der Waals surface area contributed by atoms with Crippen molar-refractivity contribution in [3.8, 4) is 11.4 Å². The Morgan fingerprint density at radius 2 is 1.93 bits per heavy atom. The molecule has 6 rings (SSSR count). The largest absolute Gasteiger partial charge is 0.431 e. The number of halogens is 3. The molecule has 0 unspecified atom stereocenters. The fraction of sp³-hybridized carbons (Fsp3) is 0.333. The van der Waals surface area contributed by atoms with Gasteiger partial charge in [0.25, 0.3) is 0 Å². The van der Waals surface area contributed by atoms with Gasteiger partial charge in [-0.3, -0.25) is 4.98 Å². The number of nitrogens with zero attached hydrogens (tertiary/aromatic N) is 5. The van der Waals surface area contributed by atoms with E-state index in [0.29, 0.717) is 22.7 Å². The molecule has 0 spiro atoms. The van der Waals surface area contributed by atoms with E-state index in [0.717, 1.165) is 55.1 Å². The zero-order valence-electron chi connectivity index (χ0n) is 15.9. The van der Waals surface area contributed by atoms with Crippen molar-refractivity contribution in [3.63, 3.8) is 0 Å². The Hall–Kier alpha value is -3.23. The molecule has 9 heteroatoms. The molecule has 30 heavy (non-hydrogen) atoms. The van der Waals surface area contributed by atoms with Gasteiger partial charge in [0.2, 0.25) is 0 Å². The second kappa shape index (κ2) is 6.13. The highest BCUT2D eigenvalue weighted by atomic mass is 19.4. The van der Waals surface area contributed by atoms with Crippen LogP contribution in [0.2, 0.25) is 0 Å². The number of hydrogen-bond donors (Lipinski definition) is 1. The van der Waals surface area contributed by atoms with Crippen molar-refractivity contribution >= 4 is 27.8 Å². The number of rotatable bonds is 3. The van der Waals surface area contributed by atoms with Gasteiger partial charge in [0, 0.05) is 41.8 Å². The highest BCUT2D eigenvalue weighted by Gasteiger charge is 2.34. The SMILES string of the molecule is FC(F)(F)c1cc2c(-c3nc(N4CCC4)c4c(C5CC5)cncc4n3)ccnc2[nH]1. The standard InChI is InChI=1S/C21H17F3N6/c22-21(23,24)16-8-13-12(4-5-26-18(13)28-16)19-27-15-10-25-9-14(11-2-3-11)17(15)20(29-19)30-6-1-7-30/h4-5,8-11H,1-3,6-7H2,(H,26,28). The van der Waals surface area contributed by atoms with Crippen molar-refractivity contribution in [1.29, 1.82) is 0 Å². The van der Waals surface area contributed by atoms with Crippen LogP contribution in [0.5, 0.6) is 0 Å². The highest BCUT2D eigenvalue weighted by Crippen LogP contribution is 2.45. The van der Waals surface area contributed by atoms with E-state index in [1.165, 1.54) is 11.8 Å². The predicted molar refractivity (Wildman–Crippen MR) is 106 cm³/mol. The molecule has 0 aromatic carbocycles. The summed E-state index contributed by atoms with van der Waals surface area (Å²) >= 11 is 0. The Kier molecular flexibility index (Phi) is 3.60. The van der Waals surface area contributed by atoms with Gasteiger partial charge in [-0.1, -0.05) is 0 Å². The highest BCUT2D eigenvalue weighted by molar-refractivity contribution is 5.97. The number of aromatic nitrogens is 5. The number of hydrogen-bond acceptors (Lipinski definition) is 5. The monoisotopic (exact) mass is 410 g/mol. The van der Waals surface area contributed by atoms with E-state index < -0.39 is 11.9 Å². The Labute approximate surface area is 169 Å². The molecule has 2 fully saturated rings. The Bertz CT molecular complexity index is 1290. The minimum atomic E-state index is -4.48. The zero-order chi connectivity index (χ0) is 20.5. The van der Waals surface area contributed by atoms with Crippen LogP contribution in [0, 0.1) is 0 Å². The smallest absolute Gasteiger partial charge is 0.356 e. The van der Waals surface area contributed by atoms with E-state index in [2.05, 4.69) is 19.9 Å². The summed E-state index contributed by atoms with van der Waals surface area (Å²) in [6, 6.07) is 2.74. The molecule has 1 aliphatic heterocycles. The van der Waals surface area contributed by atoms with Crippen molar-refractivity contribution in [2.75, 3.05) is 18.0 Å². The summed E-state index contributed by atoms with van der Waals surface area (Å²) < 4.78 is 39.6. The van der Waals surface area contributed by atoms with Crippen LogP contribution in [-0.2, 0) is 6.18 Å². The van der Waals surface area contributed by atoms with Gasteiger partial charge in [0.15, 0.2) is 5.82 Å². The quantitative estimate of drug-likeness (QED) is 0.531. The van der Waals surface area contributed by atoms with E-state index in [1.54, 1.807) is 12.3 Å². The van der Waals surface area contributed by atoms with E-state index >= 15 is 0 Å². The molecule has 2 aliphatic rings. The van der Waals surface area contributed by atoms with Crippen LogP contribution in [0.4, 0.5) is 19.0 Å². The van der Waals surface area contributed by atoms with Gasteiger partial charge in [-0.05, 0) is 42.9 Å². The minimum Gasteiger partial charge on any atom is -0.356 e. The van der Waals surface area contributed by atoms with Gasteiger partial charge in [0.05, 0.1) is 11.7 Å². The summed E-state index contributed by atoms with van der Waals surface area (Å²) in [5.41, 5.74) is 1.75. The lowest BCUT2D eigenvalue weighted by atomic mass is 10.1. The number of fused-ring (bicyclic) bond motifs is 2. The average Bonchev–Trinajstić information content (AvgIpc) is 3.42. The van der Waals surface area contributed by atoms with Crippen LogP contribution in [0.3, 0.4) is 0 Å². The third-order valence-electron chi connectivity index (χ3n) is 5.87. The van der Waals surface area contributed by atoms with Crippen LogP contribution in [0.1, 0.15) is 36.4 Å². The molecule has 4 aromatic rings. The fourth-order valence-electron chi connectivity index (χ4n) is 4.04. The number of alkyl halides is 3. The zero-order valence-corrected chi connectivity index (χ0v) is 15.9. The molecular formula is C21H17F3N6. The predicted octanol–water partition coefficient (Wildman–Crippen LogP) is 4.67. The summed E-state index contributed by atoms with van der Waals surface area (Å²) in [5, 5.41) is 1.37. The first-order valence-corrected chi connectivity index (χ1v) is 9.95. The van der Waals surface area contributed by atoms with Crippen molar-refractivity contribution < 1.29 is 13.2 Å². The molecule has 152 valence electrons. The topological polar surface area (TPSA) is 70.6 Å². The molecule has 5 heterocycles. The lowest BCUT2D eigenvalue weighted by Gasteiger charge is -2.33. The first kappa shape index (κ1) is 17.6. The van der Waals surface area contributed by atoms with Crippen molar-refractivity contribution in [2.24, 2.45) is 0 Å². The third kappa shape index (κ3) is 2.72.